The van der Waals surface area contributed by atoms with Crippen molar-refractivity contribution in [3.05, 3.63) is 21.6 Å². The standard InChI is InChI=1S/C12H19N3O3S.ClH/c1-4-13(5-2)7-8-14(10(3)16)11-6-9-19-12(11)15(17)18;/h6,9H,4-5,7-8H2,1-3H3;1H. The molecule has 1 aromatic rings. The summed E-state index contributed by atoms with van der Waals surface area (Å²) in [6.07, 6.45) is 0. The molecule has 0 saturated heterocycles. The molecule has 1 rings (SSSR count). The van der Waals surface area contributed by atoms with Crippen LogP contribution in [0.25, 0.3) is 0 Å². The van der Waals surface area contributed by atoms with Crippen LogP contribution < -0.4 is 4.90 Å². The van der Waals surface area contributed by atoms with Crippen LogP contribution in [-0.4, -0.2) is 41.9 Å². The van der Waals surface area contributed by atoms with Gasteiger partial charge in [0.15, 0.2) is 0 Å². The summed E-state index contributed by atoms with van der Waals surface area (Å²) in [5.74, 6) is -0.173. The summed E-state index contributed by atoms with van der Waals surface area (Å²) in [6, 6.07) is 1.63. The molecule has 1 aromatic heterocycles. The molecule has 0 spiro atoms. The number of thiophene rings is 1. The average molecular weight is 322 g/mol. The SMILES string of the molecule is CCN(CC)CCN(C(C)=O)c1ccsc1[N+](=O)[O-].Cl. The molecule has 114 valence electrons. The minimum Gasteiger partial charge on any atom is -0.305 e. The fourth-order valence-electron chi connectivity index (χ4n) is 1.87. The van der Waals surface area contributed by atoms with Gasteiger partial charge in [-0.05, 0) is 24.5 Å². The first kappa shape index (κ1) is 18.8. The zero-order chi connectivity index (χ0) is 14.4. The molecule has 1 amide bonds. The summed E-state index contributed by atoms with van der Waals surface area (Å²) in [5.41, 5.74) is 0.398. The van der Waals surface area contributed by atoms with Crippen LogP contribution in [0.1, 0.15) is 20.8 Å². The van der Waals surface area contributed by atoms with E-state index < -0.39 is 4.92 Å². The Balaban J connectivity index is 0.00000361. The van der Waals surface area contributed by atoms with Crippen LogP contribution in [0.15, 0.2) is 11.4 Å². The van der Waals surface area contributed by atoms with Gasteiger partial charge in [-0.1, -0.05) is 25.2 Å². The molecule has 0 atom stereocenters. The Morgan fingerprint density at radius 3 is 2.40 bits per heavy atom. The Bertz CT molecular complexity index is 449. The smallest absolute Gasteiger partial charge is 0.305 e. The second-order valence-corrected chi connectivity index (χ2v) is 4.96. The quantitative estimate of drug-likeness (QED) is 0.572. The lowest BCUT2D eigenvalue weighted by molar-refractivity contribution is -0.379. The van der Waals surface area contributed by atoms with Crippen molar-refractivity contribution in [3.8, 4) is 0 Å². The van der Waals surface area contributed by atoms with Gasteiger partial charge >= 0.3 is 5.00 Å². The summed E-state index contributed by atoms with van der Waals surface area (Å²) in [6.45, 7) is 8.50. The molecule has 0 aromatic carbocycles. The van der Waals surface area contributed by atoms with Crippen molar-refractivity contribution in [2.75, 3.05) is 31.1 Å². The molecule has 0 unspecified atom stereocenters. The Morgan fingerprint density at radius 2 is 1.95 bits per heavy atom. The van der Waals surface area contributed by atoms with Gasteiger partial charge in [0.25, 0.3) is 0 Å². The third-order valence-electron chi connectivity index (χ3n) is 3.00. The minimum absolute atomic E-state index is 0. The fraction of sp³-hybridized carbons (Fsp3) is 0.583. The highest BCUT2D eigenvalue weighted by Crippen LogP contribution is 2.33. The molecule has 0 radical (unpaired) electrons. The lowest BCUT2D eigenvalue weighted by Crippen LogP contribution is -2.37. The highest BCUT2D eigenvalue weighted by Gasteiger charge is 2.23. The monoisotopic (exact) mass is 321 g/mol. The topological polar surface area (TPSA) is 66.7 Å². The van der Waals surface area contributed by atoms with Gasteiger partial charge < -0.3 is 9.80 Å². The highest BCUT2D eigenvalue weighted by atomic mass is 35.5. The van der Waals surface area contributed by atoms with E-state index in [1.165, 1.54) is 11.8 Å². The van der Waals surface area contributed by atoms with Crippen molar-refractivity contribution in [2.24, 2.45) is 0 Å². The molecule has 0 aliphatic heterocycles. The largest absolute Gasteiger partial charge is 0.347 e. The average Bonchev–Trinajstić information content (AvgIpc) is 2.83. The third kappa shape index (κ3) is 4.73. The number of hydrogen-bond acceptors (Lipinski definition) is 5. The minimum atomic E-state index is -0.437. The van der Waals surface area contributed by atoms with Gasteiger partial charge in [-0.15, -0.1) is 12.4 Å². The molecule has 0 aliphatic carbocycles. The molecule has 0 fully saturated rings. The first-order chi connectivity index (χ1) is 9.01. The zero-order valence-electron chi connectivity index (χ0n) is 11.9. The van der Waals surface area contributed by atoms with Crippen LogP contribution in [0.4, 0.5) is 10.7 Å². The van der Waals surface area contributed by atoms with E-state index in [1.807, 2.05) is 0 Å². The van der Waals surface area contributed by atoms with Gasteiger partial charge in [0.05, 0.1) is 4.92 Å². The van der Waals surface area contributed by atoms with Gasteiger partial charge in [-0.3, -0.25) is 14.9 Å². The van der Waals surface area contributed by atoms with Crippen molar-refractivity contribution in [1.29, 1.82) is 0 Å². The van der Waals surface area contributed by atoms with Crippen molar-refractivity contribution < 1.29 is 9.72 Å². The number of hydrogen-bond donors (Lipinski definition) is 0. The van der Waals surface area contributed by atoms with Gasteiger partial charge in [0, 0.05) is 20.0 Å². The number of carbonyl (C=O) groups excluding carboxylic acids is 1. The van der Waals surface area contributed by atoms with Crippen LogP contribution in [0.2, 0.25) is 0 Å². The van der Waals surface area contributed by atoms with E-state index in [-0.39, 0.29) is 23.3 Å². The molecule has 6 nitrogen and oxygen atoms in total. The van der Waals surface area contributed by atoms with Gasteiger partial charge in [0.1, 0.15) is 5.69 Å². The van der Waals surface area contributed by atoms with Crippen LogP contribution in [0.3, 0.4) is 0 Å². The summed E-state index contributed by atoms with van der Waals surface area (Å²) >= 11 is 1.04. The number of amides is 1. The third-order valence-corrected chi connectivity index (χ3v) is 3.85. The number of anilines is 1. The Morgan fingerprint density at radius 1 is 1.35 bits per heavy atom. The number of nitrogens with zero attached hydrogens (tertiary/aromatic N) is 3. The van der Waals surface area contributed by atoms with Gasteiger partial charge in [0.2, 0.25) is 5.91 Å². The van der Waals surface area contributed by atoms with E-state index in [4.69, 9.17) is 0 Å². The molecule has 0 N–H and O–H groups in total. The first-order valence-electron chi connectivity index (χ1n) is 6.23. The molecule has 1 heterocycles. The number of likely N-dealkylation sites (N-methyl/N-ethyl adjacent to an activating group) is 1. The van der Waals surface area contributed by atoms with E-state index in [0.29, 0.717) is 18.8 Å². The molecular weight excluding hydrogens is 302 g/mol. The maximum atomic E-state index is 11.7. The van der Waals surface area contributed by atoms with Crippen molar-refractivity contribution in [2.45, 2.75) is 20.8 Å². The Labute approximate surface area is 128 Å². The van der Waals surface area contributed by atoms with E-state index in [2.05, 4.69) is 18.7 Å². The predicted octanol–water partition coefficient (Wildman–Crippen LogP) is 2.77. The van der Waals surface area contributed by atoms with Crippen LogP contribution in [0, 0.1) is 10.1 Å². The number of nitro groups is 1. The van der Waals surface area contributed by atoms with Crippen LogP contribution in [-0.2, 0) is 4.79 Å². The summed E-state index contributed by atoms with van der Waals surface area (Å²) < 4.78 is 0. The second-order valence-electron chi connectivity index (χ2n) is 4.07. The molecular formula is C12H20ClN3O3S. The van der Waals surface area contributed by atoms with Crippen LogP contribution in [0.5, 0.6) is 0 Å². The molecule has 8 heteroatoms. The maximum Gasteiger partial charge on any atom is 0.347 e. The van der Waals surface area contributed by atoms with E-state index in [9.17, 15) is 14.9 Å². The van der Waals surface area contributed by atoms with E-state index in [1.54, 1.807) is 11.4 Å². The van der Waals surface area contributed by atoms with E-state index in [0.717, 1.165) is 24.4 Å². The molecule has 0 saturated carbocycles. The summed E-state index contributed by atoms with van der Waals surface area (Å²) in [5, 5.41) is 12.6. The van der Waals surface area contributed by atoms with Crippen molar-refractivity contribution in [1.82, 2.24) is 4.90 Å². The normalized spacial score (nSPS) is 10.2. The summed E-state index contributed by atoms with van der Waals surface area (Å²) in [4.78, 5) is 25.8. The second kappa shape index (κ2) is 8.89. The lowest BCUT2D eigenvalue weighted by Gasteiger charge is -2.24. The molecule has 0 bridgehead atoms. The van der Waals surface area contributed by atoms with Gasteiger partial charge in [-0.25, -0.2) is 0 Å². The number of halogens is 1. The first-order valence-corrected chi connectivity index (χ1v) is 7.11. The van der Waals surface area contributed by atoms with E-state index >= 15 is 0 Å². The predicted molar refractivity (Wildman–Crippen MR) is 84.0 cm³/mol. The van der Waals surface area contributed by atoms with Gasteiger partial charge in [-0.2, -0.15) is 0 Å². The lowest BCUT2D eigenvalue weighted by atomic mass is 10.3. The maximum absolute atomic E-state index is 11.7. The zero-order valence-corrected chi connectivity index (χ0v) is 13.5. The number of rotatable bonds is 7. The van der Waals surface area contributed by atoms with Crippen molar-refractivity contribution in [3.63, 3.8) is 0 Å². The molecule has 20 heavy (non-hydrogen) atoms. The van der Waals surface area contributed by atoms with Crippen molar-refractivity contribution >= 4 is 40.3 Å². The highest BCUT2D eigenvalue weighted by molar-refractivity contribution is 7.14. The van der Waals surface area contributed by atoms with Crippen LogP contribution >= 0.6 is 23.7 Å². The Kier molecular flexibility index (Phi) is 8.36. The summed E-state index contributed by atoms with van der Waals surface area (Å²) in [7, 11) is 0. The number of carbonyl (C=O) groups is 1. The fourth-order valence-corrected chi connectivity index (χ4v) is 2.58. The molecule has 0 aliphatic rings. The Hall–Kier alpha value is -1.18.